The molecule has 1 aromatic carbocycles. The molecule has 6 rings (SSSR count). The molecule has 0 unspecified atom stereocenters. The summed E-state index contributed by atoms with van der Waals surface area (Å²) in [5.74, 6) is 2.79. The minimum absolute atomic E-state index is 0.00412. The van der Waals surface area contributed by atoms with E-state index >= 15 is 0 Å². The Bertz CT molecular complexity index is 1080. The third kappa shape index (κ3) is 4.03. The van der Waals surface area contributed by atoms with Crippen molar-refractivity contribution >= 4 is 5.97 Å². The molecule has 2 bridgehead atoms. The number of hydrogen-bond acceptors (Lipinski definition) is 7. The molecule has 0 radical (unpaired) electrons. The number of hydrogen-bond donors (Lipinski definition) is 2. The summed E-state index contributed by atoms with van der Waals surface area (Å²) in [5.41, 5.74) is 1.69. The highest BCUT2D eigenvalue weighted by Crippen LogP contribution is 2.65. The van der Waals surface area contributed by atoms with Crippen molar-refractivity contribution in [3.05, 3.63) is 17.2 Å². The van der Waals surface area contributed by atoms with Crippen LogP contribution in [-0.2, 0) is 21.4 Å². The smallest absolute Gasteiger partial charge is 0.323 e. The van der Waals surface area contributed by atoms with E-state index in [9.17, 15) is 9.90 Å². The van der Waals surface area contributed by atoms with Crippen LogP contribution in [0.25, 0.3) is 0 Å². The average molecular weight is 513 g/mol. The van der Waals surface area contributed by atoms with Crippen molar-refractivity contribution in [1.29, 1.82) is 0 Å². The van der Waals surface area contributed by atoms with Crippen molar-refractivity contribution in [3.8, 4) is 17.2 Å². The van der Waals surface area contributed by atoms with Crippen LogP contribution in [0.3, 0.4) is 0 Å². The normalized spacial score (nSPS) is 33.1. The Morgan fingerprint density at radius 1 is 1.27 bits per heavy atom. The third-order valence-electron chi connectivity index (χ3n) is 9.65. The van der Waals surface area contributed by atoms with Gasteiger partial charge in [-0.2, -0.15) is 0 Å². The molecule has 6 atom stereocenters. The first kappa shape index (κ1) is 25.3. The Morgan fingerprint density at radius 2 is 2.03 bits per heavy atom. The number of nitrogens with one attached hydrogen (secondary N) is 1. The molecule has 0 amide bonds. The SMILES string of the molecule is COc1cc(O)c2c3c1C[C@@H]1[C@@H]4CC[C@H](N[C@H](C(=O)OC(C)(C)C)C(C)C)[C@H](O2)[C@]34CCN1CC1CC1. The van der Waals surface area contributed by atoms with Gasteiger partial charge in [-0.25, -0.2) is 0 Å². The minimum atomic E-state index is -0.537. The van der Waals surface area contributed by atoms with Crippen molar-refractivity contribution in [3.63, 3.8) is 0 Å². The van der Waals surface area contributed by atoms with Crippen molar-refractivity contribution in [2.24, 2.45) is 17.8 Å². The summed E-state index contributed by atoms with van der Waals surface area (Å²) in [4.78, 5) is 16.0. The van der Waals surface area contributed by atoms with Gasteiger partial charge in [-0.1, -0.05) is 13.8 Å². The topological polar surface area (TPSA) is 80.3 Å². The predicted octanol–water partition coefficient (Wildman–Crippen LogP) is 4.17. The van der Waals surface area contributed by atoms with Crippen molar-refractivity contribution in [1.82, 2.24) is 10.2 Å². The van der Waals surface area contributed by atoms with Crippen LogP contribution in [0.1, 0.15) is 77.8 Å². The van der Waals surface area contributed by atoms with Gasteiger partial charge in [0.1, 0.15) is 23.5 Å². The lowest BCUT2D eigenvalue weighted by atomic mass is 9.51. The van der Waals surface area contributed by atoms with E-state index in [1.54, 1.807) is 13.2 Å². The van der Waals surface area contributed by atoms with Gasteiger partial charge < -0.3 is 19.3 Å². The quantitative estimate of drug-likeness (QED) is 0.531. The molecule has 1 saturated heterocycles. The summed E-state index contributed by atoms with van der Waals surface area (Å²) in [7, 11) is 1.70. The highest BCUT2D eigenvalue weighted by Gasteiger charge is 2.66. The molecular formula is C30H44N2O5. The number of aromatic hydroxyl groups is 1. The fourth-order valence-electron chi connectivity index (χ4n) is 8.02. The standard InChI is InChI=1S/C30H44N2O5/c1-16(2)25(28(34)37-29(3,4)5)31-20-10-9-19-21-13-18-23(35-6)14-22(33)26-24(18)30(19,27(20)36-26)11-12-32(21)15-17-7-8-17/h14,16-17,19-21,25,27,31,33H,7-13,15H2,1-6H3/t19-,20-,21+,25-,27-,30-/m0/s1. The molecule has 7 heteroatoms. The van der Waals surface area contributed by atoms with Crippen LogP contribution in [-0.4, -0.2) is 66.0 Å². The molecule has 1 aromatic rings. The predicted molar refractivity (Wildman–Crippen MR) is 141 cm³/mol. The van der Waals surface area contributed by atoms with Gasteiger partial charge in [0.25, 0.3) is 0 Å². The van der Waals surface area contributed by atoms with Gasteiger partial charge in [0.15, 0.2) is 11.5 Å². The van der Waals surface area contributed by atoms with E-state index < -0.39 is 11.6 Å². The van der Waals surface area contributed by atoms with E-state index in [-0.39, 0.29) is 35.2 Å². The first-order valence-electron chi connectivity index (χ1n) is 14.4. The zero-order valence-corrected chi connectivity index (χ0v) is 23.3. The molecule has 2 heterocycles. The maximum Gasteiger partial charge on any atom is 0.323 e. The van der Waals surface area contributed by atoms with Gasteiger partial charge in [-0.3, -0.25) is 15.0 Å². The fraction of sp³-hybridized carbons (Fsp3) is 0.767. The van der Waals surface area contributed by atoms with Gasteiger partial charge in [0.05, 0.1) is 7.11 Å². The maximum atomic E-state index is 13.2. The molecule has 0 aromatic heterocycles. The lowest BCUT2D eigenvalue weighted by Gasteiger charge is -2.60. The second-order valence-corrected chi connectivity index (χ2v) is 13.5. The lowest BCUT2D eigenvalue weighted by Crippen LogP contribution is -2.69. The van der Waals surface area contributed by atoms with Crippen molar-refractivity contribution in [2.45, 2.75) is 108 Å². The van der Waals surface area contributed by atoms with E-state index in [1.807, 2.05) is 20.8 Å². The Hall–Kier alpha value is -1.99. The second-order valence-electron chi connectivity index (χ2n) is 13.5. The van der Waals surface area contributed by atoms with Gasteiger partial charge in [0.2, 0.25) is 0 Å². The average Bonchev–Trinajstić information content (AvgIpc) is 3.57. The van der Waals surface area contributed by atoms with Crippen LogP contribution < -0.4 is 14.8 Å². The highest BCUT2D eigenvalue weighted by molar-refractivity contribution is 5.76. The molecule has 2 saturated carbocycles. The monoisotopic (exact) mass is 512 g/mol. The summed E-state index contributed by atoms with van der Waals surface area (Å²) in [5, 5.41) is 14.8. The molecule has 5 aliphatic rings. The molecule has 3 aliphatic carbocycles. The van der Waals surface area contributed by atoms with E-state index in [1.165, 1.54) is 30.5 Å². The maximum absolute atomic E-state index is 13.2. The number of carbonyl (C=O) groups excluding carboxylic acids is 1. The van der Waals surface area contributed by atoms with E-state index in [0.717, 1.165) is 43.9 Å². The number of methoxy groups -OCH3 is 1. The number of phenolic OH excluding ortho intramolecular Hbond substituents is 1. The van der Waals surface area contributed by atoms with Crippen LogP contribution >= 0.6 is 0 Å². The number of rotatable bonds is 7. The highest BCUT2D eigenvalue weighted by atomic mass is 16.6. The number of phenols is 1. The molecule has 1 spiro atoms. The van der Waals surface area contributed by atoms with Gasteiger partial charge >= 0.3 is 5.97 Å². The number of nitrogens with zero attached hydrogens (tertiary/aromatic N) is 1. The summed E-state index contributed by atoms with van der Waals surface area (Å²) in [6.07, 6.45) is 6.57. The number of likely N-dealkylation sites (tertiary alicyclic amines) is 1. The Morgan fingerprint density at radius 3 is 2.68 bits per heavy atom. The molecule has 204 valence electrons. The summed E-state index contributed by atoms with van der Waals surface area (Å²) in [6, 6.07) is 1.78. The third-order valence-corrected chi connectivity index (χ3v) is 9.65. The van der Waals surface area contributed by atoms with Gasteiger partial charge in [-0.15, -0.1) is 0 Å². The number of carbonyl (C=O) groups is 1. The van der Waals surface area contributed by atoms with Crippen molar-refractivity contribution < 1.29 is 24.1 Å². The molecule has 37 heavy (non-hydrogen) atoms. The number of benzene rings is 1. The largest absolute Gasteiger partial charge is 0.504 e. The van der Waals surface area contributed by atoms with Gasteiger partial charge in [-0.05, 0) is 83.6 Å². The first-order valence-corrected chi connectivity index (χ1v) is 14.4. The van der Waals surface area contributed by atoms with Gasteiger partial charge in [0, 0.05) is 41.2 Å². The first-order chi connectivity index (χ1) is 17.5. The lowest BCUT2D eigenvalue weighted by molar-refractivity contribution is -0.159. The Balaban J connectivity index is 1.38. The van der Waals surface area contributed by atoms with Crippen LogP contribution in [0, 0.1) is 17.8 Å². The number of ether oxygens (including phenoxy) is 3. The molecule has 3 fully saturated rings. The van der Waals surface area contributed by atoms with E-state index in [2.05, 4.69) is 24.1 Å². The van der Waals surface area contributed by atoms with Crippen LogP contribution in [0.5, 0.6) is 17.2 Å². The Labute approximate surface area is 221 Å². The van der Waals surface area contributed by atoms with Crippen LogP contribution in [0.2, 0.25) is 0 Å². The van der Waals surface area contributed by atoms with Crippen LogP contribution in [0.4, 0.5) is 0 Å². The van der Waals surface area contributed by atoms with Crippen molar-refractivity contribution in [2.75, 3.05) is 20.2 Å². The summed E-state index contributed by atoms with van der Waals surface area (Å²) in [6.45, 7) is 12.1. The van der Waals surface area contributed by atoms with E-state index in [0.29, 0.717) is 17.7 Å². The number of piperidine rings is 1. The molecule has 2 aliphatic heterocycles. The second kappa shape index (κ2) is 8.77. The Kier molecular flexibility index (Phi) is 6.00. The molecule has 2 N–H and O–H groups in total. The number of esters is 1. The zero-order valence-electron chi connectivity index (χ0n) is 23.3. The molecular weight excluding hydrogens is 468 g/mol. The van der Waals surface area contributed by atoms with E-state index in [4.69, 9.17) is 14.2 Å². The molecule has 7 nitrogen and oxygen atoms in total. The summed E-state index contributed by atoms with van der Waals surface area (Å²) < 4.78 is 18.4. The zero-order chi connectivity index (χ0) is 26.3. The fourth-order valence-corrected chi connectivity index (χ4v) is 8.02. The van der Waals surface area contributed by atoms with Crippen LogP contribution in [0.15, 0.2) is 6.07 Å². The minimum Gasteiger partial charge on any atom is -0.504 e. The summed E-state index contributed by atoms with van der Waals surface area (Å²) >= 11 is 0.